The number of hydrogen-bond donors (Lipinski definition) is 3. The second kappa shape index (κ2) is 15.9. The number of amides is 2. The van der Waals surface area contributed by atoms with Crippen molar-refractivity contribution in [3.8, 4) is 23.1 Å². The first-order valence-corrected chi connectivity index (χ1v) is 14.6. The van der Waals surface area contributed by atoms with Crippen molar-refractivity contribution in [3.05, 3.63) is 41.7 Å². The lowest BCUT2D eigenvalue weighted by molar-refractivity contribution is -0.200. The average Bonchev–Trinajstić information content (AvgIpc) is 3.00. The zero-order chi connectivity index (χ0) is 29.7. The normalized spacial score (nSPS) is 17.3. The summed E-state index contributed by atoms with van der Waals surface area (Å²) in [5.41, 5.74) is 3.48. The Morgan fingerprint density at radius 1 is 1.12 bits per heavy atom. The fourth-order valence-electron chi connectivity index (χ4n) is 5.00. The minimum absolute atomic E-state index is 0.0392. The first-order valence-electron chi connectivity index (χ1n) is 14.6. The topological polar surface area (TPSA) is 146 Å². The highest BCUT2D eigenvalue weighted by molar-refractivity contribution is 5.74. The van der Waals surface area contributed by atoms with E-state index in [1.165, 1.54) is 12.1 Å². The lowest BCUT2D eigenvalue weighted by Gasteiger charge is -2.33. The maximum absolute atomic E-state index is 14.4. The van der Waals surface area contributed by atoms with Crippen molar-refractivity contribution in [2.45, 2.75) is 76.5 Å². The number of anilines is 1. The standard InChI is InChI=1S/C30H38FN5O6/c31-25-17-21(9-10-22(25)20-32)26-18-24(19-27(34-26)36-13-11-23(12-14-36)33-30(38)39)40-15-5-2-1-3-7-28(37)35-42-29-8-4-6-16-41-29/h9-10,17-19,23,29,33H,1-8,11-16H2,(H,35,37)(H,38,39). The Bertz CT molecular complexity index is 1240. The van der Waals surface area contributed by atoms with E-state index in [0.29, 0.717) is 68.4 Å². The molecule has 226 valence electrons. The molecule has 2 saturated heterocycles. The van der Waals surface area contributed by atoms with Crippen LogP contribution in [0.25, 0.3) is 11.3 Å². The number of carboxylic acid groups (broad SMARTS) is 1. The average molecular weight is 584 g/mol. The lowest BCUT2D eigenvalue weighted by atomic mass is 10.0. The number of halogens is 1. The molecule has 3 heterocycles. The summed E-state index contributed by atoms with van der Waals surface area (Å²) < 4.78 is 25.9. The monoisotopic (exact) mass is 583 g/mol. The summed E-state index contributed by atoms with van der Waals surface area (Å²) in [4.78, 5) is 35.1. The molecule has 2 amide bonds. The Kier molecular flexibility index (Phi) is 11.7. The molecule has 1 unspecified atom stereocenters. The number of piperidine rings is 1. The van der Waals surface area contributed by atoms with Crippen LogP contribution in [0.3, 0.4) is 0 Å². The van der Waals surface area contributed by atoms with Gasteiger partial charge in [-0.3, -0.25) is 4.79 Å². The van der Waals surface area contributed by atoms with Gasteiger partial charge in [-0.25, -0.2) is 24.5 Å². The number of aromatic nitrogens is 1. The predicted molar refractivity (Wildman–Crippen MR) is 152 cm³/mol. The Hall–Kier alpha value is -3.95. The molecule has 11 nitrogen and oxygen atoms in total. The van der Waals surface area contributed by atoms with Gasteiger partial charge in [-0.15, -0.1) is 0 Å². The molecule has 1 atom stereocenters. The van der Waals surface area contributed by atoms with Crippen LogP contribution in [0.4, 0.5) is 15.0 Å². The minimum Gasteiger partial charge on any atom is -0.493 e. The van der Waals surface area contributed by atoms with Crippen LogP contribution in [-0.2, 0) is 14.4 Å². The molecule has 12 heteroatoms. The lowest BCUT2D eigenvalue weighted by Crippen LogP contribution is -2.44. The SMILES string of the molecule is N#Cc1ccc(-c2cc(OCCCCCCC(=O)NOC3CCCCO3)cc(N3CCC(NC(=O)O)CC3)n2)cc1F. The third-order valence-corrected chi connectivity index (χ3v) is 7.33. The van der Waals surface area contributed by atoms with Crippen LogP contribution in [0.1, 0.15) is 69.8 Å². The molecule has 2 aromatic rings. The van der Waals surface area contributed by atoms with Crippen LogP contribution in [-0.4, -0.2) is 60.7 Å². The van der Waals surface area contributed by atoms with Crippen LogP contribution < -0.4 is 20.4 Å². The Labute approximate surface area is 244 Å². The van der Waals surface area contributed by atoms with E-state index in [1.807, 2.05) is 12.1 Å². The van der Waals surface area contributed by atoms with Gasteiger partial charge in [-0.05, 0) is 50.7 Å². The van der Waals surface area contributed by atoms with E-state index in [0.717, 1.165) is 44.9 Å². The summed E-state index contributed by atoms with van der Waals surface area (Å²) in [5, 5.41) is 20.6. The highest BCUT2D eigenvalue weighted by atomic mass is 19.1. The molecule has 0 radical (unpaired) electrons. The zero-order valence-corrected chi connectivity index (χ0v) is 23.6. The Morgan fingerprint density at radius 2 is 1.93 bits per heavy atom. The number of nitrogens with one attached hydrogen (secondary N) is 2. The smallest absolute Gasteiger partial charge is 0.404 e. The van der Waals surface area contributed by atoms with E-state index < -0.39 is 11.9 Å². The fraction of sp³-hybridized carbons (Fsp3) is 0.533. The Morgan fingerprint density at radius 3 is 2.64 bits per heavy atom. The van der Waals surface area contributed by atoms with Gasteiger partial charge in [0.05, 0.1) is 17.9 Å². The van der Waals surface area contributed by atoms with Crippen molar-refractivity contribution in [2.75, 3.05) is 31.2 Å². The molecule has 42 heavy (non-hydrogen) atoms. The van der Waals surface area contributed by atoms with Crippen LogP contribution in [0, 0.1) is 17.1 Å². The summed E-state index contributed by atoms with van der Waals surface area (Å²) >= 11 is 0. The molecule has 2 aliphatic heterocycles. The molecule has 0 spiro atoms. The number of nitriles is 1. The number of unbranched alkanes of at least 4 members (excludes halogenated alkanes) is 3. The number of ether oxygens (including phenoxy) is 2. The predicted octanol–water partition coefficient (Wildman–Crippen LogP) is 4.90. The maximum atomic E-state index is 14.4. The summed E-state index contributed by atoms with van der Waals surface area (Å²) in [6.07, 6.45) is 6.38. The second-order valence-corrected chi connectivity index (χ2v) is 10.5. The highest BCUT2D eigenvalue weighted by Crippen LogP contribution is 2.30. The zero-order valence-electron chi connectivity index (χ0n) is 23.6. The van der Waals surface area contributed by atoms with Crippen LogP contribution in [0.5, 0.6) is 5.75 Å². The van der Waals surface area contributed by atoms with E-state index in [9.17, 15) is 14.0 Å². The van der Waals surface area contributed by atoms with Gasteiger partial charge in [0.1, 0.15) is 23.5 Å². The van der Waals surface area contributed by atoms with Crippen LogP contribution in [0.15, 0.2) is 30.3 Å². The van der Waals surface area contributed by atoms with Gasteiger partial charge >= 0.3 is 6.09 Å². The highest BCUT2D eigenvalue weighted by Gasteiger charge is 2.23. The van der Waals surface area contributed by atoms with E-state index in [-0.39, 0.29) is 23.8 Å². The molecule has 0 aliphatic carbocycles. The fourth-order valence-corrected chi connectivity index (χ4v) is 5.00. The van der Waals surface area contributed by atoms with E-state index in [2.05, 4.69) is 15.7 Å². The molecule has 2 aliphatic rings. The van der Waals surface area contributed by atoms with Gasteiger partial charge in [0.2, 0.25) is 5.91 Å². The summed E-state index contributed by atoms with van der Waals surface area (Å²) in [7, 11) is 0. The van der Waals surface area contributed by atoms with Crippen molar-refractivity contribution in [3.63, 3.8) is 0 Å². The number of hydroxylamine groups is 1. The van der Waals surface area contributed by atoms with E-state index in [1.54, 1.807) is 12.1 Å². The van der Waals surface area contributed by atoms with Crippen LogP contribution in [0.2, 0.25) is 0 Å². The molecule has 2 fully saturated rings. The van der Waals surface area contributed by atoms with Gasteiger partial charge < -0.3 is 24.8 Å². The number of pyridine rings is 1. The van der Waals surface area contributed by atoms with Gasteiger partial charge in [0, 0.05) is 56.3 Å². The van der Waals surface area contributed by atoms with Gasteiger partial charge in [-0.1, -0.05) is 18.9 Å². The first kappa shape index (κ1) is 31.0. The van der Waals surface area contributed by atoms with Crippen molar-refractivity contribution in [1.29, 1.82) is 5.26 Å². The molecule has 0 saturated carbocycles. The van der Waals surface area contributed by atoms with Crippen molar-refractivity contribution < 1.29 is 33.4 Å². The summed E-state index contributed by atoms with van der Waals surface area (Å²) in [6, 6.07) is 9.69. The molecular weight excluding hydrogens is 545 g/mol. The van der Waals surface area contributed by atoms with Crippen molar-refractivity contribution >= 4 is 17.8 Å². The van der Waals surface area contributed by atoms with Crippen molar-refractivity contribution in [2.24, 2.45) is 0 Å². The van der Waals surface area contributed by atoms with Crippen LogP contribution >= 0.6 is 0 Å². The molecular formula is C30H38FN5O6. The molecule has 1 aromatic carbocycles. The molecule has 4 rings (SSSR count). The number of carbonyl (C=O) groups excluding carboxylic acids is 1. The van der Waals surface area contributed by atoms with E-state index >= 15 is 0 Å². The summed E-state index contributed by atoms with van der Waals surface area (Å²) in [6.45, 7) is 2.33. The quantitative estimate of drug-likeness (QED) is 0.221. The third kappa shape index (κ3) is 9.56. The molecule has 3 N–H and O–H groups in total. The van der Waals surface area contributed by atoms with Gasteiger partial charge in [-0.2, -0.15) is 5.26 Å². The minimum atomic E-state index is -1.03. The van der Waals surface area contributed by atoms with Crippen molar-refractivity contribution in [1.82, 2.24) is 15.8 Å². The largest absolute Gasteiger partial charge is 0.493 e. The maximum Gasteiger partial charge on any atom is 0.404 e. The number of carbonyl (C=O) groups is 2. The number of nitrogens with zero attached hydrogens (tertiary/aromatic N) is 3. The first-order chi connectivity index (χ1) is 20.4. The number of benzene rings is 1. The third-order valence-electron chi connectivity index (χ3n) is 7.33. The van der Waals surface area contributed by atoms with Gasteiger partial charge in [0.25, 0.3) is 0 Å². The van der Waals surface area contributed by atoms with Gasteiger partial charge in [0.15, 0.2) is 6.29 Å². The molecule has 1 aromatic heterocycles. The van der Waals surface area contributed by atoms with E-state index in [4.69, 9.17) is 29.7 Å². The number of hydrogen-bond acceptors (Lipinski definition) is 8. The summed E-state index contributed by atoms with van der Waals surface area (Å²) in [5.74, 6) is 0.479. The molecule has 0 bridgehead atoms. The Balaban J connectivity index is 1.28. The number of rotatable bonds is 13. The second-order valence-electron chi connectivity index (χ2n) is 10.5.